The van der Waals surface area contributed by atoms with Crippen molar-refractivity contribution in [2.24, 2.45) is 0 Å². The number of carbonyl (C=O) groups is 2. The number of hydrogen-bond donors (Lipinski definition) is 1. The molecule has 9 heteroatoms. The minimum atomic E-state index is -3.90. The number of carbonyl (C=O) groups excluding carboxylic acids is 2. The standard InChI is InChI=1S/C23H21ClN2O5S/c1-2-26(20-8-4-3-5-9-20)32(29,30)21-10-6-7-17(15-21)23(28)31-16-22(27)25-19-13-11-18(24)12-14-19/h3-15H,2,16H2,1H3,(H,25,27). The summed E-state index contributed by atoms with van der Waals surface area (Å²) in [7, 11) is -3.90. The normalized spacial score (nSPS) is 10.9. The highest BCUT2D eigenvalue weighted by Gasteiger charge is 2.24. The number of esters is 1. The van der Waals surface area contributed by atoms with Crippen molar-refractivity contribution in [2.45, 2.75) is 11.8 Å². The minimum absolute atomic E-state index is 0.0227. The molecule has 3 aromatic rings. The molecule has 0 radical (unpaired) electrons. The summed E-state index contributed by atoms with van der Waals surface area (Å²) in [4.78, 5) is 24.4. The number of sulfonamides is 1. The van der Waals surface area contributed by atoms with E-state index in [1.54, 1.807) is 61.5 Å². The molecule has 7 nitrogen and oxygen atoms in total. The van der Waals surface area contributed by atoms with Crippen molar-refractivity contribution in [1.29, 1.82) is 0 Å². The van der Waals surface area contributed by atoms with E-state index >= 15 is 0 Å². The zero-order chi connectivity index (χ0) is 23.1. The second-order valence-corrected chi connectivity index (χ2v) is 8.96. The number of hydrogen-bond acceptors (Lipinski definition) is 5. The monoisotopic (exact) mass is 472 g/mol. The van der Waals surface area contributed by atoms with Gasteiger partial charge in [-0.3, -0.25) is 9.10 Å². The quantitative estimate of drug-likeness (QED) is 0.492. The van der Waals surface area contributed by atoms with E-state index < -0.39 is 28.5 Å². The van der Waals surface area contributed by atoms with Crippen LogP contribution in [0.2, 0.25) is 5.02 Å². The maximum Gasteiger partial charge on any atom is 0.338 e. The molecule has 1 amide bonds. The maximum absolute atomic E-state index is 13.1. The highest BCUT2D eigenvalue weighted by molar-refractivity contribution is 7.92. The lowest BCUT2D eigenvalue weighted by atomic mass is 10.2. The van der Waals surface area contributed by atoms with E-state index in [1.807, 2.05) is 0 Å². The Morgan fingerprint density at radius 3 is 2.31 bits per heavy atom. The molecule has 0 spiro atoms. The molecule has 0 saturated heterocycles. The molecule has 166 valence electrons. The highest BCUT2D eigenvalue weighted by Crippen LogP contribution is 2.24. The SMILES string of the molecule is CCN(c1ccccc1)S(=O)(=O)c1cccc(C(=O)OCC(=O)Nc2ccc(Cl)cc2)c1. The van der Waals surface area contributed by atoms with Gasteiger partial charge in [0.1, 0.15) is 0 Å². The number of ether oxygens (including phenoxy) is 1. The minimum Gasteiger partial charge on any atom is -0.452 e. The Labute approximate surface area is 191 Å². The van der Waals surface area contributed by atoms with Gasteiger partial charge >= 0.3 is 5.97 Å². The third kappa shape index (κ3) is 5.66. The van der Waals surface area contributed by atoms with Crippen LogP contribution in [0.3, 0.4) is 0 Å². The molecule has 3 aromatic carbocycles. The van der Waals surface area contributed by atoms with E-state index in [0.717, 1.165) is 0 Å². The maximum atomic E-state index is 13.1. The number of nitrogens with zero attached hydrogens (tertiary/aromatic N) is 1. The van der Waals surface area contributed by atoms with Crippen LogP contribution in [-0.2, 0) is 19.6 Å². The summed E-state index contributed by atoms with van der Waals surface area (Å²) in [5.74, 6) is -1.35. The van der Waals surface area contributed by atoms with E-state index in [-0.39, 0.29) is 17.0 Å². The average Bonchev–Trinajstić information content (AvgIpc) is 2.80. The summed E-state index contributed by atoms with van der Waals surface area (Å²) < 4.78 is 32.6. The van der Waals surface area contributed by atoms with Crippen molar-refractivity contribution >= 4 is 44.9 Å². The van der Waals surface area contributed by atoms with Gasteiger partial charge < -0.3 is 10.1 Å². The molecule has 0 saturated carbocycles. The molecule has 0 aliphatic rings. The first-order chi connectivity index (χ1) is 15.3. The van der Waals surface area contributed by atoms with Gasteiger partial charge in [-0.05, 0) is 61.5 Å². The van der Waals surface area contributed by atoms with Gasteiger partial charge in [-0.25, -0.2) is 13.2 Å². The fourth-order valence-electron chi connectivity index (χ4n) is 2.94. The number of para-hydroxylation sites is 1. The first kappa shape index (κ1) is 23.3. The molecule has 0 bridgehead atoms. The summed E-state index contributed by atoms with van der Waals surface area (Å²) in [6.07, 6.45) is 0. The van der Waals surface area contributed by atoms with Crippen molar-refractivity contribution in [3.8, 4) is 0 Å². The van der Waals surface area contributed by atoms with Crippen molar-refractivity contribution in [1.82, 2.24) is 0 Å². The fourth-order valence-corrected chi connectivity index (χ4v) is 4.59. The van der Waals surface area contributed by atoms with E-state index in [1.165, 1.54) is 28.6 Å². The topological polar surface area (TPSA) is 92.8 Å². The smallest absolute Gasteiger partial charge is 0.338 e. The molecule has 0 unspecified atom stereocenters. The van der Waals surface area contributed by atoms with Crippen molar-refractivity contribution < 1.29 is 22.7 Å². The summed E-state index contributed by atoms with van der Waals surface area (Å²) in [5.41, 5.74) is 1.04. The lowest BCUT2D eigenvalue weighted by Gasteiger charge is -2.23. The summed E-state index contributed by atoms with van der Waals surface area (Å²) in [6.45, 7) is 1.41. The Hall–Kier alpha value is -3.36. The Bertz CT molecular complexity index is 1200. The third-order valence-corrected chi connectivity index (χ3v) is 6.60. The Kier molecular flexibility index (Phi) is 7.50. The van der Waals surface area contributed by atoms with Crippen LogP contribution in [0.25, 0.3) is 0 Å². The molecule has 0 heterocycles. The van der Waals surface area contributed by atoms with E-state index in [9.17, 15) is 18.0 Å². The molecule has 0 atom stereocenters. The lowest BCUT2D eigenvalue weighted by molar-refractivity contribution is -0.119. The molecular weight excluding hydrogens is 452 g/mol. The Morgan fingerprint density at radius 1 is 0.969 bits per heavy atom. The average molecular weight is 473 g/mol. The second-order valence-electron chi connectivity index (χ2n) is 6.66. The number of anilines is 2. The van der Waals surface area contributed by atoms with Crippen LogP contribution in [0.1, 0.15) is 17.3 Å². The van der Waals surface area contributed by atoms with E-state index in [2.05, 4.69) is 5.32 Å². The number of halogens is 1. The number of benzene rings is 3. The molecule has 0 aliphatic carbocycles. The number of amides is 1. The van der Waals surface area contributed by atoms with Gasteiger partial charge in [0.25, 0.3) is 15.9 Å². The Balaban J connectivity index is 1.70. The van der Waals surface area contributed by atoms with Gasteiger partial charge in [-0.1, -0.05) is 35.9 Å². The predicted octanol–water partition coefficient (Wildman–Crippen LogP) is 4.35. The second kappa shape index (κ2) is 10.3. The van der Waals surface area contributed by atoms with Gasteiger partial charge in [0.2, 0.25) is 0 Å². The van der Waals surface area contributed by atoms with E-state index in [4.69, 9.17) is 16.3 Å². The molecule has 0 aromatic heterocycles. The largest absolute Gasteiger partial charge is 0.452 e. The number of rotatable bonds is 8. The molecule has 3 rings (SSSR count). The third-order valence-electron chi connectivity index (χ3n) is 4.45. The molecule has 0 aliphatic heterocycles. The highest BCUT2D eigenvalue weighted by atomic mass is 35.5. The van der Waals surface area contributed by atoms with Crippen LogP contribution in [0.5, 0.6) is 0 Å². The van der Waals surface area contributed by atoms with Gasteiger partial charge in [-0.2, -0.15) is 0 Å². The van der Waals surface area contributed by atoms with Crippen molar-refractivity contribution in [3.63, 3.8) is 0 Å². The summed E-state index contributed by atoms with van der Waals surface area (Å²) >= 11 is 5.80. The van der Waals surface area contributed by atoms with Crippen LogP contribution in [0.15, 0.2) is 83.8 Å². The summed E-state index contributed by atoms with van der Waals surface area (Å²) in [6, 6.07) is 20.7. The lowest BCUT2D eigenvalue weighted by Crippen LogP contribution is -2.30. The zero-order valence-corrected chi connectivity index (χ0v) is 18.8. The fraction of sp³-hybridized carbons (Fsp3) is 0.130. The predicted molar refractivity (Wildman–Crippen MR) is 123 cm³/mol. The van der Waals surface area contributed by atoms with Gasteiger partial charge in [0, 0.05) is 17.3 Å². The van der Waals surface area contributed by atoms with Crippen molar-refractivity contribution in [2.75, 3.05) is 22.8 Å². The van der Waals surface area contributed by atoms with Crippen LogP contribution >= 0.6 is 11.6 Å². The first-order valence-electron chi connectivity index (χ1n) is 9.71. The number of nitrogens with one attached hydrogen (secondary N) is 1. The molecule has 1 N–H and O–H groups in total. The first-order valence-corrected chi connectivity index (χ1v) is 11.5. The van der Waals surface area contributed by atoms with Gasteiger partial charge in [0.05, 0.1) is 16.1 Å². The molecule has 32 heavy (non-hydrogen) atoms. The summed E-state index contributed by atoms with van der Waals surface area (Å²) in [5, 5.41) is 3.10. The van der Waals surface area contributed by atoms with Gasteiger partial charge in [-0.15, -0.1) is 0 Å². The van der Waals surface area contributed by atoms with Crippen molar-refractivity contribution in [3.05, 3.63) is 89.4 Å². The van der Waals surface area contributed by atoms with Crippen LogP contribution in [0.4, 0.5) is 11.4 Å². The van der Waals surface area contributed by atoms with Crippen LogP contribution in [-0.4, -0.2) is 33.4 Å². The van der Waals surface area contributed by atoms with E-state index in [0.29, 0.717) is 16.4 Å². The molecule has 0 fully saturated rings. The van der Waals surface area contributed by atoms with Gasteiger partial charge in [0.15, 0.2) is 6.61 Å². The van der Waals surface area contributed by atoms with Crippen LogP contribution < -0.4 is 9.62 Å². The van der Waals surface area contributed by atoms with Crippen LogP contribution in [0, 0.1) is 0 Å². The zero-order valence-electron chi connectivity index (χ0n) is 17.2. The Morgan fingerprint density at radius 2 is 1.66 bits per heavy atom. The molecular formula is C23H21ClN2O5S.